The van der Waals surface area contributed by atoms with Crippen LogP contribution >= 0.6 is 22.9 Å². The summed E-state index contributed by atoms with van der Waals surface area (Å²) in [5, 5.41) is 18.6. The smallest absolute Gasteiger partial charge is 0.310 e. The second-order valence-corrected chi connectivity index (χ2v) is 5.25. The lowest BCUT2D eigenvalue weighted by Gasteiger charge is -2.05. The van der Waals surface area contributed by atoms with Gasteiger partial charge in [-0.3, -0.25) is 4.79 Å². The van der Waals surface area contributed by atoms with E-state index in [2.05, 4.69) is 0 Å². The van der Waals surface area contributed by atoms with E-state index in [1.165, 1.54) is 19.1 Å². The van der Waals surface area contributed by atoms with Crippen molar-refractivity contribution in [2.45, 2.75) is 12.8 Å². The Balaban J connectivity index is 2.77. The van der Waals surface area contributed by atoms with Gasteiger partial charge in [0, 0.05) is 10.9 Å². The van der Waals surface area contributed by atoms with Gasteiger partial charge in [-0.05, 0) is 19.1 Å². The zero-order chi connectivity index (χ0) is 12.7. The molecule has 1 atom stereocenters. The molecule has 1 aromatic carbocycles. The van der Waals surface area contributed by atoms with E-state index in [1.54, 1.807) is 0 Å². The van der Waals surface area contributed by atoms with Crippen molar-refractivity contribution < 1.29 is 19.4 Å². The Bertz CT molecular complexity index is 608. The maximum absolute atomic E-state index is 13.6. The van der Waals surface area contributed by atoms with Gasteiger partial charge in [0.05, 0.1) is 15.0 Å². The van der Waals surface area contributed by atoms with Crippen LogP contribution in [0.2, 0.25) is 4.34 Å². The molecule has 90 valence electrons. The lowest BCUT2D eigenvalue weighted by atomic mass is 10.0. The van der Waals surface area contributed by atoms with Crippen LogP contribution in [0.4, 0.5) is 4.39 Å². The molecule has 0 aliphatic carbocycles. The average molecular weight is 275 g/mol. The lowest BCUT2D eigenvalue weighted by molar-refractivity contribution is -0.138. The van der Waals surface area contributed by atoms with Gasteiger partial charge in [-0.2, -0.15) is 0 Å². The number of aromatic hydroxyl groups is 1. The Hall–Kier alpha value is -1.33. The van der Waals surface area contributed by atoms with Crippen LogP contribution in [0.1, 0.15) is 18.4 Å². The molecule has 0 bridgehead atoms. The third-order valence-corrected chi connectivity index (χ3v) is 4.01. The number of rotatable bonds is 2. The molecule has 0 radical (unpaired) electrons. The van der Waals surface area contributed by atoms with Gasteiger partial charge in [0.2, 0.25) is 0 Å². The monoisotopic (exact) mass is 274 g/mol. The van der Waals surface area contributed by atoms with E-state index in [-0.39, 0.29) is 9.04 Å². The second kappa shape index (κ2) is 4.16. The largest absolute Gasteiger partial charge is 0.505 e. The third kappa shape index (κ3) is 1.85. The molecule has 0 amide bonds. The molecule has 0 spiro atoms. The number of aliphatic carboxylic acids is 1. The van der Waals surface area contributed by atoms with Crippen LogP contribution in [-0.4, -0.2) is 16.2 Å². The van der Waals surface area contributed by atoms with Crippen molar-refractivity contribution >= 4 is 39.0 Å². The van der Waals surface area contributed by atoms with Gasteiger partial charge in [-0.1, -0.05) is 11.6 Å². The number of carbonyl (C=O) groups is 1. The highest BCUT2D eigenvalue weighted by molar-refractivity contribution is 7.23. The van der Waals surface area contributed by atoms with Crippen LogP contribution in [0.5, 0.6) is 5.75 Å². The fourth-order valence-corrected chi connectivity index (χ4v) is 3.19. The minimum absolute atomic E-state index is 0.179. The van der Waals surface area contributed by atoms with Crippen LogP contribution in [0.3, 0.4) is 0 Å². The molecular weight excluding hydrogens is 267 g/mol. The van der Waals surface area contributed by atoms with Gasteiger partial charge in [-0.15, -0.1) is 11.3 Å². The standard InChI is InChI=1S/C11H8ClFO3S/c1-4(11(15)16)7-5-2-3-6(14)8(13)9(5)17-10(7)12/h2-4,14H,1H3,(H,15,16). The van der Waals surface area contributed by atoms with Gasteiger partial charge in [0.15, 0.2) is 11.6 Å². The molecule has 0 fully saturated rings. The third-order valence-electron chi connectivity index (χ3n) is 2.57. The summed E-state index contributed by atoms with van der Waals surface area (Å²) < 4.78 is 14.0. The highest BCUT2D eigenvalue weighted by Crippen LogP contribution is 2.42. The molecule has 6 heteroatoms. The van der Waals surface area contributed by atoms with E-state index in [4.69, 9.17) is 16.7 Å². The highest BCUT2D eigenvalue weighted by Gasteiger charge is 2.24. The van der Waals surface area contributed by atoms with E-state index in [9.17, 15) is 14.3 Å². The van der Waals surface area contributed by atoms with Crippen LogP contribution in [-0.2, 0) is 4.79 Å². The zero-order valence-electron chi connectivity index (χ0n) is 8.70. The summed E-state index contributed by atoms with van der Waals surface area (Å²) in [6.07, 6.45) is 0. The number of thiophene rings is 1. The van der Waals surface area contributed by atoms with Crippen LogP contribution in [0.25, 0.3) is 10.1 Å². The number of carboxylic acids is 1. The highest BCUT2D eigenvalue weighted by atomic mass is 35.5. The fourth-order valence-electron chi connectivity index (χ4n) is 1.63. The maximum atomic E-state index is 13.6. The molecule has 0 saturated heterocycles. The van der Waals surface area contributed by atoms with Gasteiger partial charge < -0.3 is 10.2 Å². The van der Waals surface area contributed by atoms with Crippen molar-refractivity contribution in [3.05, 3.63) is 27.8 Å². The maximum Gasteiger partial charge on any atom is 0.310 e. The van der Waals surface area contributed by atoms with E-state index >= 15 is 0 Å². The molecule has 0 saturated carbocycles. The van der Waals surface area contributed by atoms with Gasteiger partial charge in [0.25, 0.3) is 0 Å². The number of phenolic OH excluding ortho intramolecular Hbond substituents is 1. The summed E-state index contributed by atoms with van der Waals surface area (Å²) in [5.74, 6) is -3.08. The molecule has 0 aliphatic heterocycles. The van der Waals surface area contributed by atoms with Crippen LogP contribution in [0.15, 0.2) is 12.1 Å². The average Bonchev–Trinajstić information content (AvgIpc) is 2.60. The van der Waals surface area contributed by atoms with E-state index < -0.39 is 23.5 Å². The molecular formula is C11H8ClFO3S. The van der Waals surface area contributed by atoms with Crippen LogP contribution in [0, 0.1) is 5.82 Å². The quantitative estimate of drug-likeness (QED) is 0.880. The van der Waals surface area contributed by atoms with Crippen molar-refractivity contribution in [2.75, 3.05) is 0 Å². The number of fused-ring (bicyclic) bond motifs is 1. The predicted molar refractivity (Wildman–Crippen MR) is 64.5 cm³/mol. The topological polar surface area (TPSA) is 57.5 Å². The Morgan fingerprint density at radius 3 is 2.76 bits per heavy atom. The molecule has 2 N–H and O–H groups in total. The lowest BCUT2D eigenvalue weighted by Crippen LogP contribution is -2.07. The minimum Gasteiger partial charge on any atom is -0.505 e. The Morgan fingerprint density at radius 1 is 1.53 bits per heavy atom. The first kappa shape index (κ1) is 12.1. The number of hydrogen-bond donors (Lipinski definition) is 2. The number of carboxylic acid groups (broad SMARTS) is 1. The molecule has 2 aromatic rings. The first-order chi connectivity index (χ1) is 7.93. The van der Waals surface area contributed by atoms with Crippen molar-refractivity contribution in [3.8, 4) is 5.75 Å². The first-order valence-corrected chi connectivity index (χ1v) is 5.95. The Morgan fingerprint density at radius 2 is 2.18 bits per heavy atom. The van der Waals surface area contributed by atoms with Crippen molar-refractivity contribution in [2.24, 2.45) is 0 Å². The number of halogens is 2. The molecule has 17 heavy (non-hydrogen) atoms. The van der Waals surface area contributed by atoms with Gasteiger partial charge in [-0.25, -0.2) is 4.39 Å². The van der Waals surface area contributed by atoms with Crippen molar-refractivity contribution in [1.29, 1.82) is 0 Å². The predicted octanol–water partition coefficient (Wildman–Crippen LogP) is 3.59. The summed E-state index contributed by atoms with van der Waals surface area (Å²) in [6, 6.07) is 2.67. The summed E-state index contributed by atoms with van der Waals surface area (Å²) in [7, 11) is 0. The van der Waals surface area contributed by atoms with E-state index in [1.807, 2.05) is 0 Å². The van der Waals surface area contributed by atoms with E-state index in [0.717, 1.165) is 11.3 Å². The fraction of sp³-hybridized carbons (Fsp3) is 0.182. The summed E-state index contributed by atoms with van der Waals surface area (Å²) in [5.41, 5.74) is 0.387. The molecule has 1 heterocycles. The Kier molecular flexibility index (Phi) is 2.97. The molecule has 1 aromatic heterocycles. The number of phenols is 1. The molecule has 2 rings (SSSR count). The second-order valence-electron chi connectivity index (χ2n) is 3.62. The van der Waals surface area contributed by atoms with Crippen LogP contribution < -0.4 is 0 Å². The van der Waals surface area contributed by atoms with Gasteiger partial charge >= 0.3 is 5.97 Å². The zero-order valence-corrected chi connectivity index (χ0v) is 10.3. The normalized spacial score (nSPS) is 12.9. The molecule has 1 unspecified atom stereocenters. The summed E-state index contributed by atoms with van der Waals surface area (Å²) in [6.45, 7) is 1.49. The molecule has 0 aliphatic rings. The first-order valence-electron chi connectivity index (χ1n) is 4.75. The summed E-state index contributed by atoms with van der Waals surface area (Å²) in [4.78, 5) is 10.9. The van der Waals surface area contributed by atoms with Crippen molar-refractivity contribution in [1.82, 2.24) is 0 Å². The van der Waals surface area contributed by atoms with E-state index in [0.29, 0.717) is 10.9 Å². The SMILES string of the molecule is CC(C(=O)O)c1c(Cl)sc2c(F)c(O)ccc12. The minimum atomic E-state index is -1.03. The van der Waals surface area contributed by atoms with Gasteiger partial charge in [0.1, 0.15) is 0 Å². The Labute approximate surface area is 105 Å². The van der Waals surface area contributed by atoms with Crippen molar-refractivity contribution in [3.63, 3.8) is 0 Å². The molecule has 3 nitrogen and oxygen atoms in total. The summed E-state index contributed by atoms with van der Waals surface area (Å²) >= 11 is 6.87. The number of benzene rings is 1. The number of hydrogen-bond acceptors (Lipinski definition) is 3.